The molecule has 1 N–H and O–H groups in total. The minimum Gasteiger partial charge on any atom is -0.325 e. The molecule has 1 heterocycles. The van der Waals surface area contributed by atoms with Crippen LogP contribution in [0, 0.1) is 0 Å². The average molecular weight is 288 g/mol. The third-order valence-corrected chi connectivity index (χ3v) is 4.25. The Labute approximate surface area is 128 Å². The summed E-state index contributed by atoms with van der Waals surface area (Å²) in [6, 6.07) is 8.26. The Morgan fingerprint density at radius 1 is 1.38 bits per heavy atom. The molecule has 1 aromatic carbocycles. The molecule has 1 aliphatic heterocycles. The highest BCUT2D eigenvalue weighted by atomic mass is 16.2. The summed E-state index contributed by atoms with van der Waals surface area (Å²) in [6.45, 7) is 8.59. The van der Waals surface area contributed by atoms with Crippen LogP contribution < -0.4 is 5.32 Å². The first-order chi connectivity index (χ1) is 10.1. The van der Waals surface area contributed by atoms with Crippen LogP contribution in [0.4, 0.5) is 5.69 Å². The van der Waals surface area contributed by atoms with Crippen LogP contribution in [0.15, 0.2) is 24.3 Å². The summed E-state index contributed by atoms with van der Waals surface area (Å²) in [5.41, 5.74) is 2.19. The maximum Gasteiger partial charge on any atom is 0.241 e. The number of nitrogens with one attached hydrogen (secondary N) is 1. The van der Waals surface area contributed by atoms with E-state index in [-0.39, 0.29) is 11.9 Å². The molecular formula is C18H28N2O. The summed E-state index contributed by atoms with van der Waals surface area (Å²) in [4.78, 5) is 14.9. The molecule has 1 fully saturated rings. The number of benzene rings is 1. The number of rotatable bonds is 5. The smallest absolute Gasteiger partial charge is 0.241 e. The highest BCUT2D eigenvalue weighted by Gasteiger charge is 2.27. The van der Waals surface area contributed by atoms with Crippen molar-refractivity contribution in [3.8, 4) is 0 Å². The number of nitrogens with zero attached hydrogens (tertiary/aromatic N) is 1. The van der Waals surface area contributed by atoms with Gasteiger partial charge in [-0.05, 0) is 56.0 Å². The van der Waals surface area contributed by atoms with Gasteiger partial charge in [0.05, 0.1) is 6.04 Å². The fourth-order valence-electron chi connectivity index (χ4n) is 3.04. The van der Waals surface area contributed by atoms with Crippen LogP contribution in [-0.2, 0) is 4.79 Å². The number of amides is 1. The molecule has 116 valence electrons. The van der Waals surface area contributed by atoms with Crippen LogP contribution in [0.3, 0.4) is 0 Å². The first kappa shape index (κ1) is 16.0. The molecule has 1 amide bonds. The molecule has 0 radical (unpaired) electrons. The number of likely N-dealkylation sites (tertiary alicyclic amines) is 1. The lowest BCUT2D eigenvalue weighted by molar-refractivity contribution is -0.122. The van der Waals surface area contributed by atoms with Gasteiger partial charge in [0.2, 0.25) is 5.91 Å². The minimum absolute atomic E-state index is 0.0430. The van der Waals surface area contributed by atoms with Crippen LogP contribution in [0.25, 0.3) is 0 Å². The zero-order valence-electron chi connectivity index (χ0n) is 13.6. The van der Waals surface area contributed by atoms with E-state index in [2.05, 4.69) is 43.1 Å². The van der Waals surface area contributed by atoms with Crippen molar-refractivity contribution >= 4 is 11.6 Å². The van der Waals surface area contributed by atoms with E-state index in [4.69, 9.17) is 0 Å². The molecule has 0 aromatic heterocycles. The van der Waals surface area contributed by atoms with Crippen LogP contribution in [-0.4, -0.2) is 29.9 Å². The summed E-state index contributed by atoms with van der Waals surface area (Å²) in [7, 11) is 0. The largest absolute Gasteiger partial charge is 0.325 e. The van der Waals surface area contributed by atoms with Crippen LogP contribution in [0.2, 0.25) is 0 Å². The van der Waals surface area contributed by atoms with Gasteiger partial charge in [-0.1, -0.05) is 39.3 Å². The predicted octanol–water partition coefficient (Wildman–Crippen LogP) is 4.01. The minimum atomic E-state index is 0.0430. The Morgan fingerprint density at radius 2 is 2.19 bits per heavy atom. The van der Waals surface area contributed by atoms with Gasteiger partial charge in [0.25, 0.3) is 0 Å². The van der Waals surface area contributed by atoms with Crippen LogP contribution in [0.5, 0.6) is 0 Å². The van der Waals surface area contributed by atoms with Gasteiger partial charge in [-0.25, -0.2) is 0 Å². The second-order valence-corrected chi connectivity index (χ2v) is 6.32. The molecular weight excluding hydrogens is 260 g/mol. The molecule has 3 nitrogen and oxygen atoms in total. The number of anilines is 1. The standard InChI is InChI=1S/C18H28N2O/c1-4-11-20-12-6-5-10-17(20)18(21)19-16-9-7-8-15(13-16)14(2)3/h7-9,13-14,17H,4-6,10-12H2,1-3H3,(H,19,21). The van der Waals surface area contributed by atoms with E-state index in [0.29, 0.717) is 5.92 Å². The second-order valence-electron chi connectivity index (χ2n) is 6.32. The third-order valence-electron chi connectivity index (χ3n) is 4.25. The molecule has 0 aliphatic carbocycles. The van der Waals surface area contributed by atoms with Gasteiger partial charge in [0, 0.05) is 5.69 Å². The molecule has 1 aromatic rings. The number of carbonyl (C=O) groups is 1. The van der Waals surface area contributed by atoms with E-state index in [1.54, 1.807) is 0 Å². The summed E-state index contributed by atoms with van der Waals surface area (Å²) in [5.74, 6) is 0.636. The lowest BCUT2D eigenvalue weighted by atomic mass is 10.0. The molecule has 1 atom stereocenters. The maximum atomic E-state index is 12.6. The van der Waals surface area contributed by atoms with Crippen molar-refractivity contribution in [1.29, 1.82) is 0 Å². The first-order valence-corrected chi connectivity index (χ1v) is 8.26. The highest BCUT2D eigenvalue weighted by Crippen LogP contribution is 2.21. The highest BCUT2D eigenvalue weighted by molar-refractivity contribution is 5.95. The lowest BCUT2D eigenvalue weighted by Crippen LogP contribution is -2.47. The molecule has 1 unspecified atom stereocenters. The maximum absolute atomic E-state index is 12.6. The zero-order valence-corrected chi connectivity index (χ0v) is 13.6. The second kappa shape index (κ2) is 7.60. The van der Waals surface area contributed by atoms with Gasteiger partial charge in [0.15, 0.2) is 0 Å². The van der Waals surface area contributed by atoms with E-state index < -0.39 is 0 Å². The molecule has 0 bridgehead atoms. The first-order valence-electron chi connectivity index (χ1n) is 8.26. The van der Waals surface area contributed by atoms with Crippen molar-refractivity contribution in [2.45, 2.75) is 58.4 Å². The van der Waals surface area contributed by atoms with Crippen LogP contribution >= 0.6 is 0 Å². The van der Waals surface area contributed by atoms with Gasteiger partial charge in [0.1, 0.15) is 0 Å². The van der Waals surface area contributed by atoms with Gasteiger partial charge in [-0.15, -0.1) is 0 Å². The summed E-state index contributed by atoms with van der Waals surface area (Å²) in [5, 5.41) is 3.11. The monoisotopic (exact) mass is 288 g/mol. The SMILES string of the molecule is CCCN1CCCCC1C(=O)Nc1cccc(C(C)C)c1. The summed E-state index contributed by atoms with van der Waals surface area (Å²) in [6.07, 6.45) is 4.46. The fourth-order valence-corrected chi connectivity index (χ4v) is 3.04. The van der Waals surface area contributed by atoms with Crippen molar-refractivity contribution in [2.75, 3.05) is 18.4 Å². The lowest BCUT2D eigenvalue weighted by Gasteiger charge is -2.34. The topological polar surface area (TPSA) is 32.3 Å². The Kier molecular flexibility index (Phi) is 5.80. The van der Waals surface area contributed by atoms with Gasteiger partial charge >= 0.3 is 0 Å². The van der Waals surface area contributed by atoms with Crippen molar-refractivity contribution in [1.82, 2.24) is 4.90 Å². The molecule has 21 heavy (non-hydrogen) atoms. The van der Waals surface area contributed by atoms with Crippen molar-refractivity contribution in [2.24, 2.45) is 0 Å². The predicted molar refractivity (Wildman–Crippen MR) is 88.7 cm³/mol. The van der Waals surface area contributed by atoms with Crippen molar-refractivity contribution in [3.63, 3.8) is 0 Å². The summed E-state index contributed by atoms with van der Waals surface area (Å²) < 4.78 is 0. The third kappa shape index (κ3) is 4.31. The number of piperidine rings is 1. The van der Waals surface area contributed by atoms with E-state index in [0.717, 1.165) is 38.0 Å². The Morgan fingerprint density at radius 3 is 2.90 bits per heavy atom. The van der Waals surface area contributed by atoms with Gasteiger partial charge in [-0.2, -0.15) is 0 Å². The van der Waals surface area contributed by atoms with E-state index >= 15 is 0 Å². The molecule has 1 aliphatic rings. The number of hydrogen-bond acceptors (Lipinski definition) is 2. The van der Waals surface area contributed by atoms with Crippen molar-refractivity contribution in [3.05, 3.63) is 29.8 Å². The van der Waals surface area contributed by atoms with E-state index in [9.17, 15) is 4.79 Å². The fraction of sp³-hybridized carbons (Fsp3) is 0.611. The Hall–Kier alpha value is -1.35. The normalized spacial score (nSPS) is 19.7. The van der Waals surface area contributed by atoms with Gasteiger partial charge < -0.3 is 5.32 Å². The van der Waals surface area contributed by atoms with E-state index in [1.807, 2.05) is 12.1 Å². The molecule has 0 spiro atoms. The van der Waals surface area contributed by atoms with Gasteiger partial charge in [-0.3, -0.25) is 9.69 Å². The number of hydrogen-bond donors (Lipinski definition) is 1. The number of carbonyl (C=O) groups excluding carboxylic acids is 1. The molecule has 1 saturated heterocycles. The quantitative estimate of drug-likeness (QED) is 0.887. The summed E-state index contributed by atoms with van der Waals surface area (Å²) >= 11 is 0. The molecule has 2 rings (SSSR count). The molecule has 3 heteroatoms. The Bertz CT molecular complexity index is 468. The molecule has 0 saturated carbocycles. The van der Waals surface area contributed by atoms with Crippen molar-refractivity contribution < 1.29 is 4.79 Å². The zero-order chi connectivity index (χ0) is 15.2. The van der Waals surface area contributed by atoms with E-state index in [1.165, 1.54) is 12.0 Å². The van der Waals surface area contributed by atoms with Crippen LogP contribution in [0.1, 0.15) is 57.9 Å². The Balaban J connectivity index is 2.04. The average Bonchev–Trinajstić information content (AvgIpc) is 2.48.